The normalized spacial score (nSPS) is 14.2. The molecule has 2 aromatic carbocycles. The number of nitrogens with one attached hydrogen (secondary N) is 2. The van der Waals surface area contributed by atoms with Crippen molar-refractivity contribution < 1.29 is 22.7 Å². The number of carbonyl (C=O) groups is 1. The number of carbonyl (C=O) groups excluding carboxylic acids is 1. The third-order valence-corrected chi connectivity index (χ3v) is 6.72. The van der Waals surface area contributed by atoms with Gasteiger partial charge in [-0.25, -0.2) is 8.42 Å². The summed E-state index contributed by atoms with van der Waals surface area (Å²) in [5.41, 5.74) is 1.11. The van der Waals surface area contributed by atoms with Crippen LogP contribution in [0.3, 0.4) is 0 Å². The van der Waals surface area contributed by atoms with E-state index >= 15 is 0 Å². The van der Waals surface area contributed by atoms with E-state index in [1.54, 1.807) is 17.8 Å². The average molecular weight is 451 g/mol. The number of benzene rings is 2. The van der Waals surface area contributed by atoms with Crippen molar-refractivity contribution in [2.24, 2.45) is 0 Å². The SMILES string of the molecule is CSCCC(NS(=O)(=O)c1ccc2c(c1)OCCO2)C(=O)NCCc1ccccc1. The van der Waals surface area contributed by atoms with Crippen LogP contribution < -0.4 is 19.5 Å². The van der Waals surface area contributed by atoms with Crippen LogP contribution in [-0.4, -0.2) is 52.1 Å². The molecule has 1 unspecified atom stereocenters. The van der Waals surface area contributed by atoms with Gasteiger partial charge < -0.3 is 14.8 Å². The van der Waals surface area contributed by atoms with E-state index in [0.717, 1.165) is 5.56 Å². The zero-order valence-corrected chi connectivity index (χ0v) is 18.4. The van der Waals surface area contributed by atoms with E-state index in [0.29, 0.717) is 49.9 Å². The van der Waals surface area contributed by atoms with Crippen LogP contribution in [0.1, 0.15) is 12.0 Å². The number of hydrogen-bond acceptors (Lipinski definition) is 6. The van der Waals surface area contributed by atoms with Gasteiger partial charge in [0.15, 0.2) is 11.5 Å². The Morgan fingerprint density at radius 2 is 1.83 bits per heavy atom. The molecule has 0 aromatic heterocycles. The van der Waals surface area contributed by atoms with Gasteiger partial charge in [-0.1, -0.05) is 30.3 Å². The van der Waals surface area contributed by atoms with E-state index in [9.17, 15) is 13.2 Å². The van der Waals surface area contributed by atoms with Crippen molar-refractivity contribution in [1.82, 2.24) is 10.0 Å². The largest absolute Gasteiger partial charge is 0.486 e. The van der Waals surface area contributed by atoms with E-state index in [-0.39, 0.29) is 10.8 Å². The zero-order valence-electron chi connectivity index (χ0n) is 16.8. The second kappa shape index (κ2) is 10.7. The van der Waals surface area contributed by atoms with Gasteiger partial charge in [0.2, 0.25) is 15.9 Å². The lowest BCUT2D eigenvalue weighted by Crippen LogP contribution is -2.47. The molecular weight excluding hydrogens is 424 g/mol. The monoisotopic (exact) mass is 450 g/mol. The highest BCUT2D eigenvalue weighted by Crippen LogP contribution is 2.32. The molecule has 2 aromatic rings. The standard InChI is InChI=1S/C21H26N2O5S2/c1-29-14-10-18(21(24)22-11-9-16-5-3-2-4-6-16)23-30(25,26)17-7-8-19-20(15-17)28-13-12-27-19/h2-8,15,18,23H,9-14H2,1H3,(H,22,24). The number of fused-ring (bicyclic) bond motifs is 1. The first-order valence-corrected chi connectivity index (χ1v) is 12.6. The molecule has 1 amide bonds. The highest BCUT2D eigenvalue weighted by Gasteiger charge is 2.26. The van der Waals surface area contributed by atoms with Crippen LogP contribution in [0.5, 0.6) is 11.5 Å². The first-order valence-electron chi connectivity index (χ1n) is 9.72. The first-order chi connectivity index (χ1) is 14.5. The van der Waals surface area contributed by atoms with Crippen LogP contribution in [0.2, 0.25) is 0 Å². The van der Waals surface area contributed by atoms with Gasteiger partial charge in [0.1, 0.15) is 19.3 Å². The molecule has 0 fully saturated rings. The molecule has 7 nitrogen and oxygen atoms in total. The molecule has 2 N–H and O–H groups in total. The molecule has 1 aliphatic rings. The third-order valence-electron chi connectivity index (χ3n) is 4.60. The predicted molar refractivity (Wildman–Crippen MR) is 118 cm³/mol. The maximum Gasteiger partial charge on any atom is 0.241 e. The number of hydrogen-bond donors (Lipinski definition) is 2. The Morgan fingerprint density at radius 1 is 1.10 bits per heavy atom. The number of sulfonamides is 1. The molecular formula is C21H26N2O5S2. The summed E-state index contributed by atoms with van der Waals surface area (Å²) in [5, 5.41) is 2.84. The number of amides is 1. The predicted octanol–water partition coefficient (Wildman–Crippen LogP) is 2.22. The Morgan fingerprint density at radius 3 is 2.57 bits per heavy atom. The lowest BCUT2D eigenvalue weighted by molar-refractivity contribution is -0.122. The minimum atomic E-state index is -3.90. The number of ether oxygens (including phenoxy) is 2. The van der Waals surface area contributed by atoms with Crippen LogP contribution in [0.15, 0.2) is 53.4 Å². The summed E-state index contributed by atoms with van der Waals surface area (Å²) in [6.45, 7) is 1.23. The van der Waals surface area contributed by atoms with Crippen LogP contribution in [-0.2, 0) is 21.2 Å². The molecule has 30 heavy (non-hydrogen) atoms. The molecule has 1 atom stereocenters. The summed E-state index contributed by atoms with van der Waals surface area (Å²) in [5.74, 6) is 1.22. The van der Waals surface area contributed by atoms with E-state index < -0.39 is 16.1 Å². The minimum absolute atomic E-state index is 0.0398. The highest BCUT2D eigenvalue weighted by molar-refractivity contribution is 7.98. The Kier molecular flexibility index (Phi) is 8.01. The van der Waals surface area contributed by atoms with Crippen molar-refractivity contribution >= 4 is 27.7 Å². The molecule has 0 radical (unpaired) electrons. The van der Waals surface area contributed by atoms with Gasteiger partial charge in [0.25, 0.3) is 0 Å². The molecule has 1 heterocycles. The third kappa shape index (κ3) is 6.13. The quantitative estimate of drug-likeness (QED) is 0.577. The smallest absolute Gasteiger partial charge is 0.241 e. The fourth-order valence-electron chi connectivity index (χ4n) is 3.02. The van der Waals surface area contributed by atoms with Crippen molar-refractivity contribution in [3.05, 3.63) is 54.1 Å². The van der Waals surface area contributed by atoms with Crippen LogP contribution in [0, 0.1) is 0 Å². The van der Waals surface area contributed by atoms with Crippen molar-refractivity contribution in [1.29, 1.82) is 0 Å². The lowest BCUT2D eigenvalue weighted by Gasteiger charge is -2.21. The van der Waals surface area contributed by atoms with Gasteiger partial charge in [-0.05, 0) is 42.5 Å². The fraction of sp³-hybridized carbons (Fsp3) is 0.381. The minimum Gasteiger partial charge on any atom is -0.486 e. The maximum absolute atomic E-state index is 12.9. The average Bonchev–Trinajstić information content (AvgIpc) is 2.77. The van der Waals surface area contributed by atoms with Gasteiger partial charge >= 0.3 is 0 Å². The molecule has 0 spiro atoms. The second-order valence-corrected chi connectivity index (χ2v) is 9.49. The molecule has 162 valence electrons. The fourth-order valence-corrected chi connectivity index (χ4v) is 4.74. The van der Waals surface area contributed by atoms with Gasteiger partial charge in [0.05, 0.1) is 4.90 Å². The molecule has 0 saturated heterocycles. The molecule has 0 saturated carbocycles. The molecule has 3 rings (SSSR count). The van der Waals surface area contributed by atoms with Gasteiger partial charge in [-0.15, -0.1) is 0 Å². The molecule has 0 aliphatic carbocycles. The number of rotatable bonds is 10. The number of thioether (sulfide) groups is 1. The van der Waals surface area contributed by atoms with Gasteiger partial charge in [-0.2, -0.15) is 16.5 Å². The van der Waals surface area contributed by atoms with E-state index in [2.05, 4.69) is 10.0 Å². The Bertz CT molecular complexity index is 951. The van der Waals surface area contributed by atoms with Crippen molar-refractivity contribution in [3.8, 4) is 11.5 Å². The zero-order chi connectivity index (χ0) is 21.4. The van der Waals surface area contributed by atoms with Crippen molar-refractivity contribution in [2.45, 2.75) is 23.8 Å². The summed E-state index contributed by atoms with van der Waals surface area (Å²) in [4.78, 5) is 12.7. The second-order valence-electron chi connectivity index (χ2n) is 6.79. The van der Waals surface area contributed by atoms with E-state index in [1.807, 2.05) is 36.6 Å². The summed E-state index contributed by atoms with van der Waals surface area (Å²) < 4.78 is 39.3. The Labute approximate surface area is 181 Å². The molecule has 0 bridgehead atoms. The summed E-state index contributed by atoms with van der Waals surface area (Å²) in [6.07, 6.45) is 2.98. The van der Waals surface area contributed by atoms with Crippen molar-refractivity contribution in [2.75, 3.05) is 31.8 Å². The van der Waals surface area contributed by atoms with Gasteiger partial charge in [-0.3, -0.25) is 4.79 Å². The van der Waals surface area contributed by atoms with Crippen molar-refractivity contribution in [3.63, 3.8) is 0 Å². The van der Waals surface area contributed by atoms with E-state index in [4.69, 9.17) is 9.47 Å². The Balaban J connectivity index is 1.65. The molecule has 9 heteroatoms. The summed E-state index contributed by atoms with van der Waals surface area (Å²) >= 11 is 1.56. The lowest BCUT2D eigenvalue weighted by atomic mass is 10.1. The summed E-state index contributed by atoms with van der Waals surface area (Å²) in [6, 6.07) is 13.4. The van der Waals surface area contributed by atoms with E-state index in [1.165, 1.54) is 12.1 Å². The van der Waals surface area contributed by atoms with Gasteiger partial charge in [0, 0.05) is 12.6 Å². The van der Waals surface area contributed by atoms with Crippen LogP contribution >= 0.6 is 11.8 Å². The summed E-state index contributed by atoms with van der Waals surface area (Å²) in [7, 11) is -3.90. The molecule has 1 aliphatic heterocycles. The highest BCUT2D eigenvalue weighted by atomic mass is 32.2. The Hall–Kier alpha value is -2.23. The van der Waals surface area contributed by atoms with Crippen LogP contribution in [0.4, 0.5) is 0 Å². The van der Waals surface area contributed by atoms with Crippen LogP contribution in [0.25, 0.3) is 0 Å². The first kappa shape index (κ1) is 22.5. The topological polar surface area (TPSA) is 93.7 Å². The maximum atomic E-state index is 12.9.